The lowest BCUT2D eigenvalue weighted by molar-refractivity contribution is -0.387. The van der Waals surface area contributed by atoms with Gasteiger partial charge in [0.1, 0.15) is 24.4 Å². The van der Waals surface area contributed by atoms with Gasteiger partial charge in [0.15, 0.2) is 0 Å². The highest BCUT2D eigenvalue weighted by atomic mass is 16.7. The second-order valence-corrected chi connectivity index (χ2v) is 12.9. The lowest BCUT2D eigenvalue weighted by Gasteiger charge is -2.51. The van der Waals surface area contributed by atoms with Gasteiger partial charge in [0, 0.05) is 5.56 Å². The van der Waals surface area contributed by atoms with Gasteiger partial charge in [0.25, 0.3) is 0 Å². The van der Waals surface area contributed by atoms with Crippen molar-refractivity contribution in [2.75, 3.05) is 6.61 Å². The summed E-state index contributed by atoms with van der Waals surface area (Å²) in [6, 6.07) is 44.4. The number of aliphatic hydroxyl groups excluding tert-OH is 1. The average Bonchev–Trinajstić information content (AvgIpc) is 3.50. The van der Waals surface area contributed by atoms with Crippen molar-refractivity contribution in [2.45, 2.75) is 76.8 Å². The molecule has 5 aromatic carbocycles. The van der Waals surface area contributed by atoms with Crippen LogP contribution in [0.25, 0.3) is 0 Å². The first-order chi connectivity index (χ1) is 24.6. The molecule has 0 saturated carbocycles. The van der Waals surface area contributed by atoms with E-state index in [0.717, 1.165) is 44.5 Å². The average molecular weight is 673 g/mol. The predicted molar refractivity (Wildman–Crippen MR) is 190 cm³/mol. The molecule has 1 saturated heterocycles. The van der Waals surface area contributed by atoms with Gasteiger partial charge in [-0.15, -0.1) is 0 Å². The number of fused-ring (bicyclic) bond motifs is 2. The van der Waals surface area contributed by atoms with Crippen LogP contribution in [0.1, 0.15) is 44.5 Å². The van der Waals surface area contributed by atoms with E-state index in [1.165, 1.54) is 0 Å². The van der Waals surface area contributed by atoms with Crippen LogP contribution in [-0.2, 0) is 73.8 Å². The third kappa shape index (κ3) is 7.75. The van der Waals surface area contributed by atoms with Crippen molar-refractivity contribution in [2.24, 2.45) is 0 Å². The summed E-state index contributed by atoms with van der Waals surface area (Å²) in [5.74, 6) is -1.35. The van der Waals surface area contributed by atoms with Crippen molar-refractivity contribution in [3.8, 4) is 0 Å². The Hall–Kier alpha value is -4.18. The van der Waals surface area contributed by atoms with Crippen LogP contribution in [-0.4, -0.2) is 36.1 Å². The number of aryl methyl sites for hydroxylation is 1. The van der Waals surface area contributed by atoms with Gasteiger partial charge in [-0.2, -0.15) is 0 Å². The van der Waals surface area contributed by atoms with Gasteiger partial charge in [-0.3, -0.25) is 0 Å². The summed E-state index contributed by atoms with van der Waals surface area (Å²) in [6.07, 6.45) is -2.55. The molecular formula is C43H44O7. The van der Waals surface area contributed by atoms with Crippen molar-refractivity contribution in [1.29, 1.82) is 0 Å². The van der Waals surface area contributed by atoms with Crippen LogP contribution in [0.15, 0.2) is 133 Å². The molecule has 0 aliphatic carbocycles. The summed E-state index contributed by atoms with van der Waals surface area (Å²) < 4.78 is 41.0. The van der Waals surface area contributed by atoms with Gasteiger partial charge in [-0.25, -0.2) is 0 Å². The molecule has 7 rings (SSSR count). The number of rotatable bonds is 14. The zero-order valence-electron chi connectivity index (χ0n) is 28.4. The van der Waals surface area contributed by atoms with Crippen molar-refractivity contribution in [1.82, 2.24) is 0 Å². The molecule has 1 fully saturated rings. The van der Waals surface area contributed by atoms with Crippen LogP contribution in [0, 0.1) is 6.92 Å². The van der Waals surface area contributed by atoms with Gasteiger partial charge < -0.3 is 33.5 Å². The van der Waals surface area contributed by atoms with Crippen LogP contribution in [0.5, 0.6) is 0 Å². The molecule has 0 unspecified atom stereocenters. The standard InChI is InChI=1S/C43H44O7/c1-31-22-37-29-49-43(38(37)23-36(31)24-44)42(48-28-35-20-12-5-13-21-35)41(47-27-34-18-10-4-11-19-34)40(46-26-33-16-8-3-9-17-33)39(50-43)30-45-25-32-14-6-2-7-15-32/h2-23,39-42,44H,24-30H2,1H3/t39-,40+,41+,42-,43+/m1/s1. The second-order valence-electron chi connectivity index (χ2n) is 12.9. The van der Waals surface area contributed by atoms with E-state index in [1.54, 1.807) is 0 Å². The number of aliphatic hydroxyl groups is 1. The highest BCUT2D eigenvalue weighted by Gasteiger charge is 2.61. The molecule has 0 bridgehead atoms. The fourth-order valence-electron chi connectivity index (χ4n) is 6.86. The van der Waals surface area contributed by atoms with Gasteiger partial charge in [0.05, 0.1) is 46.2 Å². The third-order valence-electron chi connectivity index (χ3n) is 9.48. The number of hydrogen-bond donors (Lipinski definition) is 1. The zero-order valence-corrected chi connectivity index (χ0v) is 28.4. The Labute approximate surface area is 294 Å². The monoisotopic (exact) mass is 672 g/mol. The van der Waals surface area contributed by atoms with E-state index in [0.29, 0.717) is 33.0 Å². The van der Waals surface area contributed by atoms with Gasteiger partial charge in [-0.1, -0.05) is 127 Å². The molecule has 2 aliphatic heterocycles. The molecule has 5 atom stereocenters. The van der Waals surface area contributed by atoms with Crippen LogP contribution >= 0.6 is 0 Å². The predicted octanol–water partition coefficient (Wildman–Crippen LogP) is 7.54. The Bertz CT molecular complexity index is 1780. The molecule has 1 N–H and O–H groups in total. The second kappa shape index (κ2) is 16.2. The first-order valence-corrected chi connectivity index (χ1v) is 17.3. The minimum Gasteiger partial charge on any atom is -0.392 e. The topological polar surface area (TPSA) is 75.6 Å². The first kappa shape index (κ1) is 34.3. The smallest absolute Gasteiger partial charge is 0.226 e. The van der Waals surface area contributed by atoms with Crippen molar-refractivity contribution in [3.63, 3.8) is 0 Å². The van der Waals surface area contributed by atoms with Crippen LogP contribution in [0.4, 0.5) is 0 Å². The van der Waals surface area contributed by atoms with E-state index < -0.39 is 30.2 Å². The molecule has 0 aromatic heterocycles. The van der Waals surface area contributed by atoms with Gasteiger partial charge in [0.2, 0.25) is 5.79 Å². The summed E-state index contributed by atoms with van der Waals surface area (Å²) in [5.41, 5.74) is 7.75. The Kier molecular flexibility index (Phi) is 11.1. The molecule has 0 amide bonds. The maximum absolute atomic E-state index is 10.3. The lowest BCUT2D eigenvalue weighted by atomic mass is 9.85. The van der Waals surface area contributed by atoms with E-state index in [-0.39, 0.29) is 13.2 Å². The highest BCUT2D eigenvalue weighted by molar-refractivity contribution is 5.43. The van der Waals surface area contributed by atoms with Crippen LogP contribution < -0.4 is 0 Å². The fourth-order valence-corrected chi connectivity index (χ4v) is 6.86. The molecule has 5 aromatic rings. The van der Waals surface area contributed by atoms with E-state index in [4.69, 9.17) is 28.4 Å². The number of ether oxygens (including phenoxy) is 6. The summed E-state index contributed by atoms with van der Waals surface area (Å²) in [7, 11) is 0. The van der Waals surface area contributed by atoms with Crippen molar-refractivity contribution < 1.29 is 33.5 Å². The molecule has 1 spiro atoms. The largest absolute Gasteiger partial charge is 0.392 e. The van der Waals surface area contributed by atoms with Crippen molar-refractivity contribution in [3.05, 3.63) is 178 Å². The van der Waals surface area contributed by atoms with E-state index in [1.807, 2.05) is 134 Å². The Morgan fingerprint density at radius 2 is 1.14 bits per heavy atom. The van der Waals surface area contributed by atoms with E-state index in [2.05, 4.69) is 6.07 Å². The molecule has 7 heteroatoms. The van der Waals surface area contributed by atoms with Crippen LogP contribution in [0.2, 0.25) is 0 Å². The lowest BCUT2D eigenvalue weighted by Crippen LogP contribution is -2.65. The number of benzene rings is 5. The quantitative estimate of drug-likeness (QED) is 0.131. The van der Waals surface area contributed by atoms with Gasteiger partial charge in [-0.05, 0) is 51.9 Å². The Morgan fingerprint density at radius 3 is 1.68 bits per heavy atom. The Balaban J connectivity index is 1.30. The molecule has 258 valence electrons. The minimum atomic E-state index is -1.35. The summed E-state index contributed by atoms with van der Waals surface area (Å²) in [6.45, 7) is 3.84. The summed E-state index contributed by atoms with van der Waals surface area (Å²) in [4.78, 5) is 0. The molecule has 0 radical (unpaired) electrons. The molecule has 50 heavy (non-hydrogen) atoms. The summed E-state index contributed by atoms with van der Waals surface area (Å²) >= 11 is 0. The fraction of sp³-hybridized carbons (Fsp3) is 0.302. The van der Waals surface area contributed by atoms with Crippen LogP contribution in [0.3, 0.4) is 0 Å². The molecule has 7 nitrogen and oxygen atoms in total. The van der Waals surface area contributed by atoms with Crippen molar-refractivity contribution >= 4 is 0 Å². The van der Waals surface area contributed by atoms with E-state index >= 15 is 0 Å². The third-order valence-corrected chi connectivity index (χ3v) is 9.48. The number of hydrogen-bond acceptors (Lipinski definition) is 7. The maximum atomic E-state index is 10.3. The maximum Gasteiger partial charge on any atom is 0.226 e. The normalized spacial score (nSPS) is 22.8. The Morgan fingerprint density at radius 1 is 0.640 bits per heavy atom. The van der Waals surface area contributed by atoms with Gasteiger partial charge >= 0.3 is 0 Å². The van der Waals surface area contributed by atoms with E-state index in [9.17, 15) is 5.11 Å². The molecule has 2 heterocycles. The highest BCUT2D eigenvalue weighted by Crippen LogP contribution is 2.49. The molecule has 2 aliphatic rings. The first-order valence-electron chi connectivity index (χ1n) is 17.3. The summed E-state index contributed by atoms with van der Waals surface area (Å²) in [5, 5.41) is 10.3. The zero-order chi connectivity index (χ0) is 34.2. The minimum absolute atomic E-state index is 0.106. The molecular weight excluding hydrogens is 628 g/mol. The SMILES string of the molecule is Cc1cc2c(cc1CO)[C@]1(OC2)O[C@H](COCc2ccccc2)[C@H](OCc2ccccc2)[C@H](OCc2ccccc2)[C@H]1OCc1ccccc1.